The van der Waals surface area contributed by atoms with E-state index in [1.54, 1.807) is 29.3 Å². The Labute approximate surface area is 126 Å². The van der Waals surface area contributed by atoms with E-state index in [2.05, 4.69) is 5.32 Å². The third-order valence-corrected chi connectivity index (χ3v) is 4.00. The van der Waals surface area contributed by atoms with Crippen LogP contribution in [0.4, 0.5) is 0 Å². The number of imidazole rings is 1. The second-order valence-electron chi connectivity index (χ2n) is 5.01. The highest BCUT2D eigenvalue weighted by molar-refractivity contribution is 6.28. The van der Waals surface area contributed by atoms with Crippen molar-refractivity contribution in [2.75, 3.05) is 7.05 Å². The molecule has 2 heterocycles. The van der Waals surface area contributed by atoms with Gasteiger partial charge in [0, 0.05) is 14.1 Å². The van der Waals surface area contributed by atoms with Gasteiger partial charge in [-0.05, 0) is 48.5 Å². The Kier molecular flexibility index (Phi) is 3.39. The molecule has 5 nitrogen and oxygen atoms in total. The standard InChI is InChI=1S/C15H16ClN3O2/c1-17-14(12-6-7-13(16)21-12)9-4-5-10-11(8-9)19(3)15(20)18(10)2/h4-8,14,17H,1-3H3. The number of fused-ring (bicyclic) bond motifs is 1. The molecule has 0 saturated carbocycles. The summed E-state index contributed by atoms with van der Waals surface area (Å²) in [6.45, 7) is 0. The molecule has 2 aromatic heterocycles. The van der Waals surface area contributed by atoms with E-state index in [0.717, 1.165) is 22.4 Å². The van der Waals surface area contributed by atoms with Gasteiger partial charge in [0.15, 0.2) is 5.22 Å². The van der Waals surface area contributed by atoms with Gasteiger partial charge in [-0.25, -0.2) is 4.79 Å². The normalized spacial score (nSPS) is 13.0. The second kappa shape index (κ2) is 5.09. The maximum absolute atomic E-state index is 12.0. The second-order valence-corrected chi connectivity index (χ2v) is 5.38. The summed E-state index contributed by atoms with van der Waals surface area (Å²) in [4.78, 5) is 12.0. The Morgan fingerprint density at radius 3 is 2.48 bits per heavy atom. The predicted octanol–water partition coefficient (Wildman–Crippen LogP) is 2.43. The first-order valence-electron chi connectivity index (χ1n) is 6.60. The van der Waals surface area contributed by atoms with Gasteiger partial charge in [-0.2, -0.15) is 0 Å². The molecule has 0 fully saturated rings. The molecular weight excluding hydrogens is 290 g/mol. The molecule has 0 saturated heterocycles. The third-order valence-electron chi connectivity index (χ3n) is 3.80. The Morgan fingerprint density at radius 2 is 1.86 bits per heavy atom. The molecule has 1 N–H and O–H groups in total. The number of nitrogens with one attached hydrogen (secondary N) is 1. The minimum absolute atomic E-state index is 0.0378. The molecule has 0 aliphatic carbocycles. The molecule has 110 valence electrons. The molecular formula is C15H16ClN3O2. The van der Waals surface area contributed by atoms with Gasteiger partial charge in [0.05, 0.1) is 17.1 Å². The summed E-state index contributed by atoms with van der Waals surface area (Å²) in [5.74, 6) is 0.739. The highest BCUT2D eigenvalue weighted by Crippen LogP contribution is 2.27. The molecule has 3 aromatic rings. The summed E-state index contributed by atoms with van der Waals surface area (Å²) >= 11 is 5.85. The Bertz CT molecular complexity index is 860. The number of aryl methyl sites for hydroxylation is 2. The molecule has 3 rings (SSSR count). The number of rotatable bonds is 3. The fourth-order valence-electron chi connectivity index (χ4n) is 2.66. The number of nitrogens with zero attached hydrogens (tertiary/aromatic N) is 2. The molecule has 6 heteroatoms. The van der Waals surface area contributed by atoms with Gasteiger partial charge in [0.25, 0.3) is 0 Å². The predicted molar refractivity (Wildman–Crippen MR) is 82.8 cm³/mol. The van der Waals surface area contributed by atoms with Gasteiger partial charge < -0.3 is 9.73 Å². The monoisotopic (exact) mass is 305 g/mol. The first-order chi connectivity index (χ1) is 10.0. The van der Waals surface area contributed by atoms with Crippen molar-refractivity contribution in [3.63, 3.8) is 0 Å². The number of halogens is 1. The lowest BCUT2D eigenvalue weighted by Crippen LogP contribution is -2.19. The maximum atomic E-state index is 12.0. The van der Waals surface area contributed by atoms with Crippen molar-refractivity contribution in [3.8, 4) is 0 Å². The molecule has 1 aromatic carbocycles. The lowest BCUT2D eigenvalue weighted by molar-refractivity contribution is 0.465. The van der Waals surface area contributed by atoms with E-state index in [0.29, 0.717) is 5.22 Å². The molecule has 1 unspecified atom stereocenters. The zero-order valence-corrected chi connectivity index (χ0v) is 12.8. The SMILES string of the molecule is CNC(c1ccc2c(c1)n(C)c(=O)n2C)c1ccc(Cl)o1. The molecule has 21 heavy (non-hydrogen) atoms. The quantitative estimate of drug-likeness (QED) is 0.808. The van der Waals surface area contributed by atoms with Gasteiger partial charge in [-0.3, -0.25) is 9.13 Å². The largest absolute Gasteiger partial charge is 0.448 e. The van der Waals surface area contributed by atoms with E-state index in [-0.39, 0.29) is 11.7 Å². The van der Waals surface area contributed by atoms with E-state index < -0.39 is 0 Å². The van der Waals surface area contributed by atoms with Crippen LogP contribution in [0, 0.1) is 0 Å². The minimum Gasteiger partial charge on any atom is -0.448 e. The summed E-state index contributed by atoms with van der Waals surface area (Å²) in [6.07, 6.45) is 0. The van der Waals surface area contributed by atoms with E-state index in [4.69, 9.17) is 16.0 Å². The van der Waals surface area contributed by atoms with Crippen LogP contribution in [-0.4, -0.2) is 16.2 Å². The van der Waals surface area contributed by atoms with Crippen molar-refractivity contribution in [2.24, 2.45) is 14.1 Å². The van der Waals surface area contributed by atoms with Crippen LogP contribution in [0.25, 0.3) is 11.0 Å². The van der Waals surface area contributed by atoms with Gasteiger partial charge in [-0.15, -0.1) is 0 Å². The van der Waals surface area contributed by atoms with E-state index in [1.807, 2.05) is 31.3 Å². The molecule has 0 aliphatic heterocycles. The van der Waals surface area contributed by atoms with Crippen LogP contribution in [0.5, 0.6) is 0 Å². The zero-order valence-electron chi connectivity index (χ0n) is 12.1. The van der Waals surface area contributed by atoms with Crippen LogP contribution in [0.15, 0.2) is 39.5 Å². The number of aromatic nitrogens is 2. The van der Waals surface area contributed by atoms with Gasteiger partial charge in [0.2, 0.25) is 0 Å². The van der Waals surface area contributed by atoms with Gasteiger partial charge in [-0.1, -0.05) is 6.07 Å². The first-order valence-corrected chi connectivity index (χ1v) is 6.98. The molecule has 0 amide bonds. The van der Waals surface area contributed by atoms with Crippen molar-refractivity contribution in [1.82, 2.24) is 14.5 Å². The Hall–Kier alpha value is -1.98. The minimum atomic E-state index is -0.114. The fraction of sp³-hybridized carbons (Fsp3) is 0.267. The highest BCUT2D eigenvalue weighted by atomic mass is 35.5. The lowest BCUT2D eigenvalue weighted by atomic mass is 10.0. The number of hydrogen-bond donors (Lipinski definition) is 1. The molecule has 0 radical (unpaired) electrons. The smallest absolute Gasteiger partial charge is 0.328 e. The van der Waals surface area contributed by atoms with Crippen LogP contribution < -0.4 is 11.0 Å². The van der Waals surface area contributed by atoms with Crippen LogP contribution in [0.3, 0.4) is 0 Å². The van der Waals surface area contributed by atoms with E-state index in [9.17, 15) is 4.79 Å². The molecule has 0 spiro atoms. The summed E-state index contributed by atoms with van der Waals surface area (Å²) < 4.78 is 8.77. The average Bonchev–Trinajstić information content (AvgIpc) is 2.99. The van der Waals surface area contributed by atoms with Crippen LogP contribution in [-0.2, 0) is 14.1 Å². The van der Waals surface area contributed by atoms with Crippen molar-refractivity contribution in [1.29, 1.82) is 0 Å². The van der Waals surface area contributed by atoms with Crippen LogP contribution >= 0.6 is 11.6 Å². The van der Waals surface area contributed by atoms with Crippen LogP contribution in [0.1, 0.15) is 17.4 Å². The van der Waals surface area contributed by atoms with Crippen molar-refractivity contribution in [3.05, 3.63) is 57.4 Å². The van der Waals surface area contributed by atoms with Gasteiger partial charge in [0.1, 0.15) is 5.76 Å². The molecule has 0 bridgehead atoms. The fourth-order valence-corrected chi connectivity index (χ4v) is 2.81. The average molecular weight is 306 g/mol. The summed E-state index contributed by atoms with van der Waals surface area (Å²) in [5, 5.41) is 3.57. The number of furan rings is 1. The van der Waals surface area contributed by atoms with Crippen molar-refractivity contribution >= 4 is 22.6 Å². The van der Waals surface area contributed by atoms with Crippen molar-refractivity contribution < 1.29 is 4.42 Å². The van der Waals surface area contributed by atoms with Crippen LogP contribution in [0.2, 0.25) is 5.22 Å². The summed E-state index contributed by atoms with van der Waals surface area (Å²) in [6, 6.07) is 9.38. The summed E-state index contributed by atoms with van der Waals surface area (Å²) in [5.41, 5.74) is 2.76. The van der Waals surface area contributed by atoms with E-state index in [1.165, 1.54) is 0 Å². The number of hydrogen-bond acceptors (Lipinski definition) is 3. The Balaban J connectivity index is 2.15. The van der Waals surface area contributed by atoms with E-state index >= 15 is 0 Å². The third kappa shape index (κ3) is 2.18. The first kappa shape index (κ1) is 14.0. The summed E-state index contributed by atoms with van der Waals surface area (Å²) in [7, 11) is 5.40. The molecule has 0 aliphatic rings. The zero-order chi connectivity index (χ0) is 15.1. The lowest BCUT2D eigenvalue weighted by Gasteiger charge is -2.14. The van der Waals surface area contributed by atoms with Crippen molar-refractivity contribution in [2.45, 2.75) is 6.04 Å². The molecule has 1 atom stereocenters. The maximum Gasteiger partial charge on any atom is 0.328 e. The number of benzene rings is 1. The highest BCUT2D eigenvalue weighted by Gasteiger charge is 2.18. The Morgan fingerprint density at radius 1 is 1.14 bits per heavy atom. The topological polar surface area (TPSA) is 52.1 Å². The van der Waals surface area contributed by atoms with Gasteiger partial charge >= 0.3 is 5.69 Å².